The Morgan fingerprint density at radius 3 is 2.31 bits per heavy atom. The second-order valence-electron chi connectivity index (χ2n) is 3.13. The van der Waals surface area contributed by atoms with E-state index in [1.54, 1.807) is 0 Å². The van der Waals surface area contributed by atoms with Crippen molar-refractivity contribution in [1.82, 2.24) is 5.32 Å². The highest BCUT2D eigenvalue weighted by Gasteiger charge is 2.23. The number of hydrogen-bond acceptors (Lipinski definition) is 4. The molecule has 2 atom stereocenters. The molecule has 0 aromatic rings. The molecule has 16 heavy (non-hydrogen) atoms. The van der Waals surface area contributed by atoms with Crippen LogP contribution in [0.5, 0.6) is 0 Å². The predicted molar refractivity (Wildman–Crippen MR) is 54.6 cm³/mol. The van der Waals surface area contributed by atoms with Gasteiger partial charge in [0.1, 0.15) is 6.04 Å². The molecule has 0 saturated heterocycles. The maximum Gasteiger partial charge on any atom is 0.326 e. The predicted octanol–water partition coefficient (Wildman–Crippen LogP) is -1.07. The van der Waals surface area contributed by atoms with Gasteiger partial charge in [-0.3, -0.25) is 9.59 Å². The van der Waals surface area contributed by atoms with Crippen molar-refractivity contribution >= 4 is 17.8 Å². The van der Waals surface area contributed by atoms with Crippen LogP contribution in [-0.4, -0.2) is 40.1 Å². The van der Waals surface area contributed by atoms with E-state index in [0.29, 0.717) is 0 Å². The number of aliphatic carboxylic acids is 2. The Balaban J connectivity index is 4.33. The molecule has 0 heterocycles. The van der Waals surface area contributed by atoms with E-state index in [1.165, 1.54) is 6.08 Å². The summed E-state index contributed by atoms with van der Waals surface area (Å²) in [6, 6.07) is -2.39. The van der Waals surface area contributed by atoms with Gasteiger partial charge in [0.05, 0.1) is 12.5 Å². The Labute approximate surface area is 91.9 Å². The normalized spacial score (nSPS) is 13.6. The molecule has 0 saturated carbocycles. The van der Waals surface area contributed by atoms with E-state index in [1.807, 2.05) is 0 Å². The molecular weight excluding hydrogens is 216 g/mol. The lowest BCUT2D eigenvalue weighted by Crippen LogP contribution is -2.48. The fraction of sp³-hybridized carbons (Fsp3) is 0.444. The van der Waals surface area contributed by atoms with Crippen molar-refractivity contribution in [2.75, 3.05) is 0 Å². The van der Waals surface area contributed by atoms with E-state index in [-0.39, 0.29) is 6.42 Å². The van der Waals surface area contributed by atoms with Crippen LogP contribution in [0.1, 0.15) is 12.8 Å². The molecule has 5 N–H and O–H groups in total. The number of carbonyl (C=O) groups excluding carboxylic acids is 1. The second kappa shape index (κ2) is 6.57. The van der Waals surface area contributed by atoms with Gasteiger partial charge in [-0.25, -0.2) is 4.79 Å². The van der Waals surface area contributed by atoms with Gasteiger partial charge in [-0.1, -0.05) is 6.08 Å². The van der Waals surface area contributed by atoms with Crippen LogP contribution in [0.15, 0.2) is 12.7 Å². The van der Waals surface area contributed by atoms with Crippen molar-refractivity contribution in [3.05, 3.63) is 12.7 Å². The number of carboxylic acids is 2. The monoisotopic (exact) mass is 230 g/mol. The maximum absolute atomic E-state index is 11.3. The summed E-state index contributed by atoms with van der Waals surface area (Å²) >= 11 is 0. The van der Waals surface area contributed by atoms with Crippen LogP contribution in [0.3, 0.4) is 0 Å². The number of carboxylic acid groups (broad SMARTS) is 2. The molecule has 0 aliphatic heterocycles. The van der Waals surface area contributed by atoms with Crippen molar-refractivity contribution in [2.24, 2.45) is 5.73 Å². The first-order chi connectivity index (χ1) is 7.38. The molecule has 0 spiro atoms. The Hall–Kier alpha value is -1.89. The molecule has 0 aliphatic carbocycles. The summed E-state index contributed by atoms with van der Waals surface area (Å²) in [6.07, 6.45) is 0.828. The van der Waals surface area contributed by atoms with Crippen LogP contribution >= 0.6 is 0 Å². The SMILES string of the molecule is C=CCC(NC(=O)C(N)CC(=O)O)C(=O)O. The lowest BCUT2D eigenvalue weighted by Gasteiger charge is -2.15. The lowest BCUT2D eigenvalue weighted by molar-refractivity contribution is -0.142. The molecule has 0 radical (unpaired) electrons. The van der Waals surface area contributed by atoms with Gasteiger partial charge in [0.15, 0.2) is 0 Å². The number of rotatable bonds is 7. The largest absolute Gasteiger partial charge is 0.481 e. The lowest BCUT2D eigenvalue weighted by atomic mass is 10.1. The first-order valence-electron chi connectivity index (χ1n) is 4.50. The van der Waals surface area contributed by atoms with E-state index in [9.17, 15) is 14.4 Å². The quantitative estimate of drug-likeness (QED) is 0.412. The zero-order chi connectivity index (χ0) is 12.7. The molecule has 1 amide bonds. The molecule has 7 nitrogen and oxygen atoms in total. The number of nitrogens with two attached hydrogens (primary N) is 1. The van der Waals surface area contributed by atoms with Gasteiger partial charge >= 0.3 is 11.9 Å². The molecular formula is C9H14N2O5. The minimum atomic E-state index is -1.26. The summed E-state index contributed by atoms with van der Waals surface area (Å²) < 4.78 is 0. The smallest absolute Gasteiger partial charge is 0.326 e. The zero-order valence-electron chi connectivity index (χ0n) is 8.55. The molecule has 0 aliphatic rings. The first-order valence-corrected chi connectivity index (χ1v) is 4.50. The molecule has 0 fully saturated rings. The Bertz CT molecular complexity index is 302. The van der Waals surface area contributed by atoms with E-state index >= 15 is 0 Å². The van der Waals surface area contributed by atoms with Gasteiger partial charge in [-0.2, -0.15) is 0 Å². The summed E-state index contributed by atoms with van der Waals surface area (Å²) in [4.78, 5) is 32.2. The third-order valence-corrected chi connectivity index (χ3v) is 1.75. The third kappa shape index (κ3) is 5.11. The summed E-state index contributed by atoms with van der Waals surface area (Å²) in [5, 5.41) is 19.2. The standard InChI is InChI=1S/C9H14N2O5/c1-2-3-6(9(15)16)11-8(14)5(10)4-7(12)13/h2,5-6H,1,3-4,10H2,(H,11,14)(H,12,13)(H,15,16). The minimum Gasteiger partial charge on any atom is -0.481 e. The van der Waals surface area contributed by atoms with Crippen LogP contribution < -0.4 is 11.1 Å². The van der Waals surface area contributed by atoms with Gasteiger partial charge in [0.2, 0.25) is 5.91 Å². The highest BCUT2D eigenvalue weighted by atomic mass is 16.4. The van der Waals surface area contributed by atoms with Crippen LogP contribution in [-0.2, 0) is 14.4 Å². The maximum atomic E-state index is 11.3. The van der Waals surface area contributed by atoms with Gasteiger partial charge in [0.25, 0.3) is 0 Å². The molecule has 0 bridgehead atoms. The number of amides is 1. The first kappa shape index (κ1) is 14.1. The summed E-state index contributed by atoms with van der Waals surface area (Å²) in [7, 11) is 0. The Kier molecular flexibility index (Phi) is 5.79. The molecule has 2 unspecified atom stereocenters. The van der Waals surface area contributed by atoms with Crippen molar-refractivity contribution < 1.29 is 24.6 Å². The fourth-order valence-electron chi connectivity index (χ4n) is 0.948. The third-order valence-electron chi connectivity index (χ3n) is 1.75. The van der Waals surface area contributed by atoms with E-state index in [2.05, 4.69) is 11.9 Å². The molecule has 0 rings (SSSR count). The van der Waals surface area contributed by atoms with Crippen molar-refractivity contribution in [3.63, 3.8) is 0 Å². The van der Waals surface area contributed by atoms with Crippen LogP contribution in [0, 0.1) is 0 Å². The average molecular weight is 230 g/mol. The highest BCUT2D eigenvalue weighted by Crippen LogP contribution is 1.96. The topological polar surface area (TPSA) is 130 Å². The van der Waals surface area contributed by atoms with Crippen molar-refractivity contribution in [3.8, 4) is 0 Å². The summed E-state index contributed by atoms with van der Waals surface area (Å²) in [5.74, 6) is -3.26. The van der Waals surface area contributed by atoms with Gasteiger partial charge in [-0.05, 0) is 6.42 Å². The van der Waals surface area contributed by atoms with E-state index in [4.69, 9.17) is 15.9 Å². The van der Waals surface area contributed by atoms with Gasteiger partial charge in [0, 0.05) is 0 Å². The molecule has 7 heteroatoms. The van der Waals surface area contributed by atoms with E-state index < -0.39 is 36.4 Å². The van der Waals surface area contributed by atoms with Gasteiger partial charge in [-0.15, -0.1) is 6.58 Å². The fourth-order valence-corrected chi connectivity index (χ4v) is 0.948. The average Bonchev–Trinajstić information content (AvgIpc) is 2.15. The molecule has 90 valence electrons. The van der Waals surface area contributed by atoms with Crippen LogP contribution in [0.2, 0.25) is 0 Å². The highest BCUT2D eigenvalue weighted by molar-refractivity contribution is 5.89. The van der Waals surface area contributed by atoms with E-state index in [0.717, 1.165) is 0 Å². The van der Waals surface area contributed by atoms with Crippen LogP contribution in [0.4, 0.5) is 0 Å². The van der Waals surface area contributed by atoms with Crippen molar-refractivity contribution in [2.45, 2.75) is 24.9 Å². The zero-order valence-corrected chi connectivity index (χ0v) is 8.55. The minimum absolute atomic E-state index is 0.0425. The van der Waals surface area contributed by atoms with Gasteiger partial charge < -0.3 is 21.3 Å². The number of carbonyl (C=O) groups is 3. The summed E-state index contributed by atoms with van der Waals surface area (Å²) in [5.41, 5.74) is 5.25. The second-order valence-corrected chi connectivity index (χ2v) is 3.13. The Morgan fingerprint density at radius 2 is 1.94 bits per heavy atom. The van der Waals surface area contributed by atoms with Crippen LogP contribution in [0.25, 0.3) is 0 Å². The number of hydrogen-bond donors (Lipinski definition) is 4. The Morgan fingerprint density at radius 1 is 1.38 bits per heavy atom. The molecule has 0 aromatic heterocycles. The molecule has 0 aromatic carbocycles. The summed E-state index contributed by atoms with van der Waals surface area (Å²) in [6.45, 7) is 3.34. The number of nitrogens with one attached hydrogen (secondary N) is 1. The van der Waals surface area contributed by atoms with Crippen molar-refractivity contribution in [1.29, 1.82) is 0 Å².